The Morgan fingerprint density at radius 2 is 2.11 bits per heavy atom. The summed E-state index contributed by atoms with van der Waals surface area (Å²) in [5, 5.41) is 3.47. The highest BCUT2D eigenvalue weighted by Gasteiger charge is 2.20. The number of nitrogens with zero attached hydrogens (tertiary/aromatic N) is 2. The maximum absolute atomic E-state index is 5.16. The molecule has 3 rings (SSSR count). The SMILES string of the molecule is COc1ccc(Cn2cnc(CNC3CC3)c2)cc1. The zero-order valence-corrected chi connectivity index (χ0v) is 11.2. The van der Waals surface area contributed by atoms with Crippen molar-refractivity contribution in [2.24, 2.45) is 0 Å². The minimum Gasteiger partial charge on any atom is -0.497 e. The van der Waals surface area contributed by atoms with Crippen molar-refractivity contribution in [2.75, 3.05) is 7.11 Å². The molecule has 0 aliphatic heterocycles. The Morgan fingerprint density at radius 3 is 2.79 bits per heavy atom. The highest BCUT2D eigenvalue weighted by atomic mass is 16.5. The lowest BCUT2D eigenvalue weighted by atomic mass is 10.2. The quantitative estimate of drug-likeness (QED) is 0.862. The molecule has 0 amide bonds. The van der Waals surface area contributed by atoms with Gasteiger partial charge in [0.05, 0.1) is 19.1 Å². The molecule has 0 saturated heterocycles. The maximum Gasteiger partial charge on any atom is 0.118 e. The Kier molecular flexibility index (Phi) is 3.51. The second kappa shape index (κ2) is 5.45. The zero-order chi connectivity index (χ0) is 13.1. The van der Waals surface area contributed by atoms with Gasteiger partial charge in [-0.1, -0.05) is 12.1 Å². The first-order chi connectivity index (χ1) is 9.33. The summed E-state index contributed by atoms with van der Waals surface area (Å²) in [5.74, 6) is 0.892. The lowest BCUT2D eigenvalue weighted by molar-refractivity contribution is 0.414. The third-order valence-corrected chi connectivity index (χ3v) is 3.36. The molecule has 0 radical (unpaired) electrons. The Balaban J connectivity index is 1.58. The van der Waals surface area contributed by atoms with Gasteiger partial charge in [-0.05, 0) is 30.5 Å². The third-order valence-electron chi connectivity index (χ3n) is 3.36. The number of nitrogens with one attached hydrogen (secondary N) is 1. The number of imidazole rings is 1. The van der Waals surface area contributed by atoms with Crippen molar-refractivity contribution in [3.63, 3.8) is 0 Å². The van der Waals surface area contributed by atoms with E-state index in [0.717, 1.165) is 30.6 Å². The average Bonchev–Trinajstić information content (AvgIpc) is 3.17. The molecule has 0 atom stereocenters. The normalized spacial score (nSPS) is 14.6. The van der Waals surface area contributed by atoms with Crippen molar-refractivity contribution in [3.8, 4) is 5.75 Å². The van der Waals surface area contributed by atoms with Gasteiger partial charge in [-0.3, -0.25) is 0 Å². The summed E-state index contributed by atoms with van der Waals surface area (Å²) >= 11 is 0. The molecule has 4 nitrogen and oxygen atoms in total. The third kappa shape index (κ3) is 3.35. The van der Waals surface area contributed by atoms with Crippen LogP contribution < -0.4 is 10.1 Å². The number of rotatable bonds is 6. The van der Waals surface area contributed by atoms with Crippen LogP contribution in [-0.4, -0.2) is 22.7 Å². The molecule has 2 aromatic rings. The zero-order valence-electron chi connectivity index (χ0n) is 11.2. The average molecular weight is 257 g/mol. The van der Waals surface area contributed by atoms with Gasteiger partial charge in [-0.15, -0.1) is 0 Å². The van der Waals surface area contributed by atoms with Crippen LogP contribution in [0, 0.1) is 0 Å². The fourth-order valence-electron chi connectivity index (χ4n) is 2.06. The predicted molar refractivity (Wildman–Crippen MR) is 74.2 cm³/mol. The Hall–Kier alpha value is -1.81. The number of hydrogen-bond donors (Lipinski definition) is 1. The van der Waals surface area contributed by atoms with Gasteiger partial charge in [0.2, 0.25) is 0 Å². The van der Waals surface area contributed by atoms with Gasteiger partial charge in [0.1, 0.15) is 5.75 Å². The highest BCUT2D eigenvalue weighted by molar-refractivity contribution is 5.27. The molecule has 1 aromatic heterocycles. The smallest absolute Gasteiger partial charge is 0.118 e. The first kappa shape index (κ1) is 12.2. The van der Waals surface area contributed by atoms with Crippen LogP contribution in [-0.2, 0) is 13.1 Å². The van der Waals surface area contributed by atoms with Crippen LogP contribution in [0.15, 0.2) is 36.8 Å². The lowest BCUT2D eigenvalue weighted by Crippen LogP contribution is -2.15. The van der Waals surface area contributed by atoms with Gasteiger partial charge in [-0.25, -0.2) is 4.98 Å². The molecule has 1 aliphatic rings. The lowest BCUT2D eigenvalue weighted by Gasteiger charge is -2.04. The van der Waals surface area contributed by atoms with E-state index in [4.69, 9.17) is 4.74 Å². The molecule has 1 saturated carbocycles. The van der Waals surface area contributed by atoms with Crippen molar-refractivity contribution in [2.45, 2.75) is 32.0 Å². The van der Waals surface area contributed by atoms with Crippen LogP contribution in [0.25, 0.3) is 0 Å². The Morgan fingerprint density at radius 1 is 1.32 bits per heavy atom. The van der Waals surface area contributed by atoms with Gasteiger partial charge in [0, 0.05) is 25.3 Å². The number of ether oxygens (including phenoxy) is 1. The van der Waals surface area contributed by atoms with E-state index in [9.17, 15) is 0 Å². The van der Waals surface area contributed by atoms with Gasteiger partial charge in [0.15, 0.2) is 0 Å². The predicted octanol–water partition coefficient (Wildman–Crippen LogP) is 2.19. The first-order valence-corrected chi connectivity index (χ1v) is 6.70. The summed E-state index contributed by atoms with van der Waals surface area (Å²) in [6.07, 6.45) is 6.63. The fraction of sp³-hybridized carbons (Fsp3) is 0.400. The molecule has 4 heteroatoms. The van der Waals surface area contributed by atoms with Crippen LogP contribution in [0.1, 0.15) is 24.1 Å². The van der Waals surface area contributed by atoms with Crippen LogP contribution in [0.3, 0.4) is 0 Å². The minimum atomic E-state index is 0.728. The standard InChI is InChI=1S/C15H19N3O/c1-19-15-6-2-12(3-7-15)9-18-10-14(17-11-18)8-16-13-4-5-13/h2-3,6-7,10-11,13,16H,4-5,8-9H2,1H3. The topological polar surface area (TPSA) is 39.1 Å². The molecule has 100 valence electrons. The molecular weight excluding hydrogens is 238 g/mol. The summed E-state index contributed by atoms with van der Waals surface area (Å²) in [4.78, 5) is 4.42. The molecule has 1 N–H and O–H groups in total. The summed E-state index contributed by atoms with van der Waals surface area (Å²) < 4.78 is 7.27. The van der Waals surface area contributed by atoms with Gasteiger partial charge in [-0.2, -0.15) is 0 Å². The van der Waals surface area contributed by atoms with E-state index >= 15 is 0 Å². The van der Waals surface area contributed by atoms with E-state index in [0.29, 0.717) is 0 Å². The molecule has 1 heterocycles. The second-order valence-electron chi connectivity index (χ2n) is 5.04. The summed E-state index contributed by atoms with van der Waals surface area (Å²) in [6.45, 7) is 1.72. The Labute approximate surface area is 113 Å². The van der Waals surface area contributed by atoms with E-state index < -0.39 is 0 Å². The summed E-state index contributed by atoms with van der Waals surface area (Å²) in [7, 11) is 1.68. The van der Waals surface area contributed by atoms with Gasteiger partial charge in [0.25, 0.3) is 0 Å². The van der Waals surface area contributed by atoms with E-state index in [2.05, 4.69) is 33.2 Å². The maximum atomic E-state index is 5.16. The van der Waals surface area contributed by atoms with Crippen LogP contribution in [0.5, 0.6) is 5.75 Å². The van der Waals surface area contributed by atoms with E-state index in [1.165, 1.54) is 18.4 Å². The molecule has 1 fully saturated rings. The Bertz CT molecular complexity index is 529. The summed E-state index contributed by atoms with van der Waals surface area (Å²) in [6, 6.07) is 8.87. The van der Waals surface area contributed by atoms with Crippen LogP contribution in [0.2, 0.25) is 0 Å². The molecule has 1 aliphatic carbocycles. The monoisotopic (exact) mass is 257 g/mol. The number of hydrogen-bond acceptors (Lipinski definition) is 3. The first-order valence-electron chi connectivity index (χ1n) is 6.70. The van der Waals surface area contributed by atoms with Crippen LogP contribution in [0.4, 0.5) is 0 Å². The number of aromatic nitrogens is 2. The van der Waals surface area contributed by atoms with Crippen molar-refractivity contribution >= 4 is 0 Å². The van der Waals surface area contributed by atoms with Gasteiger partial charge < -0.3 is 14.6 Å². The molecule has 0 unspecified atom stereocenters. The second-order valence-corrected chi connectivity index (χ2v) is 5.04. The molecule has 19 heavy (non-hydrogen) atoms. The molecular formula is C15H19N3O. The highest BCUT2D eigenvalue weighted by Crippen LogP contribution is 2.19. The number of benzene rings is 1. The molecule has 1 aromatic carbocycles. The van der Waals surface area contributed by atoms with Gasteiger partial charge >= 0.3 is 0 Å². The molecule has 0 spiro atoms. The van der Waals surface area contributed by atoms with E-state index in [-0.39, 0.29) is 0 Å². The molecule has 0 bridgehead atoms. The van der Waals surface area contributed by atoms with E-state index in [1.54, 1.807) is 7.11 Å². The van der Waals surface area contributed by atoms with Crippen molar-refractivity contribution in [3.05, 3.63) is 48.0 Å². The van der Waals surface area contributed by atoms with Crippen LogP contribution >= 0.6 is 0 Å². The fourth-order valence-corrected chi connectivity index (χ4v) is 2.06. The van der Waals surface area contributed by atoms with Crippen molar-refractivity contribution < 1.29 is 4.74 Å². The minimum absolute atomic E-state index is 0.728. The van der Waals surface area contributed by atoms with Crippen molar-refractivity contribution in [1.82, 2.24) is 14.9 Å². The summed E-state index contributed by atoms with van der Waals surface area (Å²) in [5.41, 5.74) is 2.36. The van der Waals surface area contributed by atoms with Crippen molar-refractivity contribution in [1.29, 1.82) is 0 Å². The largest absolute Gasteiger partial charge is 0.497 e. The number of methoxy groups -OCH3 is 1. The van der Waals surface area contributed by atoms with E-state index in [1.807, 2.05) is 18.5 Å².